The smallest absolute Gasteiger partial charge is 0.275 e. The zero-order valence-electron chi connectivity index (χ0n) is 10.4. The molecule has 2 amide bonds. The van der Waals surface area contributed by atoms with Crippen LogP contribution >= 0.6 is 0 Å². The van der Waals surface area contributed by atoms with Crippen LogP contribution in [0.15, 0.2) is 40.8 Å². The number of quaternary nitrogens is 1. The van der Waals surface area contributed by atoms with Crippen LogP contribution in [0.4, 0.5) is 16.2 Å². The highest BCUT2D eigenvalue weighted by atomic mass is 16.6. The lowest BCUT2D eigenvalue weighted by molar-refractivity contribution is -0.384. The van der Waals surface area contributed by atoms with E-state index in [4.69, 9.17) is 11.5 Å². The fourth-order valence-electron chi connectivity index (χ4n) is 1.90. The molecule has 10 nitrogen and oxygen atoms in total. The summed E-state index contributed by atoms with van der Waals surface area (Å²) in [6, 6.07) is 4.55. The number of nitrogens with zero attached hydrogens (tertiary/aromatic N) is 3. The molecule has 0 bridgehead atoms. The van der Waals surface area contributed by atoms with Crippen LogP contribution < -0.4 is 21.1 Å². The Kier molecular flexibility index (Phi) is 3.15. The summed E-state index contributed by atoms with van der Waals surface area (Å²) in [7, 11) is 0. The molecular weight excluding hydrogens is 282 g/mol. The van der Waals surface area contributed by atoms with E-state index in [0.717, 1.165) is 18.5 Å². The van der Waals surface area contributed by atoms with Crippen molar-refractivity contribution in [3.8, 4) is 0 Å². The maximum absolute atomic E-state index is 11.5. The van der Waals surface area contributed by atoms with Crippen LogP contribution in [-0.4, -0.2) is 23.3 Å². The third-order valence-electron chi connectivity index (χ3n) is 2.97. The van der Waals surface area contributed by atoms with E-state index in [2.05, 4.69) is 4.99 Å². The second kappa shape index (κ2) is 4.68. The number of rotatable bonds is 3. The van der Waals surface area contributed by atoms with Gasteiger partial charge in [0.15, 0.2) is 5.69 Å². The van der Waals surface area contributed by atoms with Crippen molar-refractivity contribution in [3.05, 3.63) is 45.9 Å². The summed E-state index contributed by atoms with van der Waals surface area (Å²) in [5, 5.41) is 22.1. The summed E-state index contributed by atoms with van der Waals surface area (Å²) in [6.07, 6.45) is -0.812. The fraction of sp³-hybridized carbons (Fsp3) is 0. The first-order valence-electron chi connectivity index (χ1n) is 5.51. The molecule has 1 aromatic rings. The second-order valence-corrected chi connectivity index (χ2v) is 4.10. The van der Waals surface area contributed by atoms with Crippen LogP contribution in [-0.2, 0) is 4.79 Å². The van der Waals surface area contributed by atoms with Crippen LogP contribution in [0, 0.1) is 10.1 Å². The molecule has 1 unspecified atom stereocenters. The number of nitro benzene ring substituents is 1. The molecule has 1 aliphatic rings. The van der Waals surface area contributed by atoms with Crippen molar-refractivity contribution < 1.29 is 19.6 Å². The molecule has 0 fully saturated rings. The lowest BCUT2D eigenvalue weighted by atomic mass is 10.2. The molecule has 21 heavy (non-hydrogen) atoms. The Bertz CT molecular complexity index is 708. The number of benzene rings is 1. The minimum Gasteiger partial charge on any atom is -0.497 e. The Labute approximate surface area is 117 Å². The predicted octanol–water partition coefficient (Wildman–Crippen LogP) is -1.10. The highest BCUT2D eigenvalue weighted by molar-refractivity contribution is 6.07. The van der Waals surface area contributed by atoms with Crippen molar-refractivity contribution in [3.63, 3.8) is 0 Å². The van der Waals surface area contributed by atoms with E-state index < -0.39 is 32.9 Å². The molecule has 0 saturated heterocycles. The minimum atomic E-state index is -1.68. The number of amides is 2. The maximum Gasteiger partial charge on any atom is 0.275 e. The van der Waals surface area contributed by atoms with Gasteiger partial charge in [-0.2, -0.15) is 9.48 Å². The first-order chi connectivity index (χ1) is 9.80. The number of carbonyl (C=O) groups excluding carboxylic acids is 2. The van der Waals surface area contributed by atoms with Gasteiger partial charge in [0.05, 0.1) is 4.92 Å². The molecule has 0 radical (unpaired) electrons. The fourth-order valence-corrected chi connectivity index (χ4v) is 1.90. The Morgan fingerprint density at radius 2 is 1.81 bits per heavy atom. The van der Waals surface area contributed by atoms with Gasteiger partial charge in [-0.15, -0.1) is 0 Å². The topological polar surface area (TPSA) is 165 Å². The number of nitrogens with two attached hydrogens (primary N) is 2. The number of aliphatic imine (C=N–C) groups is 1. The summed E-state index contributed by atoms with van der Waals surface area (Å²) in [5.74, 6) is -1.44. The summed E-state index contributed by atoms with van der Waals surface area (Å²) in [4.78, 5) is 36.2. The standard InChI is InChI=1S/C11H9N5O5/c12-9-8(10(13)17)14-5-16(9,11(18)19)7-3-1-6(2-4-7)15(20)21/h1-5H,(H4-,12,13,17,18,19). The van der Waals surface area contributed by atoms with E-state index in [9.17, 15) is 24.8 Å². The van der Waals surface area contributed by atoms with Crippen molar-refractivity contribution >= 4 is 29.7 Å². The number of carboxylic acid groups (broad SMARTS) is 1. The highest BCUT2D eigenvalue weighted by Crippen LogP contribution is 2.31. The van der Waals surface area contributed by atoms with E-state index in [1.165, 1.54) is 12.1 Å². The van der Waals surface area contributed by atoms with Crippen LogP contribution in [0.3, 0.4) is 0 Å². The Morgan fingerprint density at radius 1 is 1.24 bits per heavy atom. The summed E-state index contributed by atoms with van der Waals surface area (Å²) >= 11 is 0. The molecule has 108 valence electrons. The van der Waals surface area contributed by atoms with Gasteiger partial charge in [0, 0.05) is 24.3 Å². The van der Waals surface area contributed by atoms with Crippen molar-refractivity contribution in [2.24, 2.45) is 16.5 Å². The van der Waals surface area contributed by atoms with Crippen molar-refractivity contribution in [1.82, 2.24) is 4.48 Å². The SMILES string of the molecule is NC(=O)C1=C(N)[N+](C(=O)[O-])(c2ccc([N+](=O)[O-])cc2)C=N1. The van der Waals surface area contributed by atoms with Gasteiger partial charge in [0.1, 0.15) is 0 Å². The van der Waals surface area contributed by atoms with Crippen molar-refractivity contribution in [2.45, 2.75) is 0 Å². The van der Waals surface area contributed by atoms with E-state index in [-0.39, 0.29) is 11.4 Å². The molecule has 0 aromatic heterocycles. The molecular formula is C11H9N5O5. The average molecular weight is 291 g/mol. The number of nitro groups is 1. The van der Waals surface area contributed by atoms with Gasteiger partial charge in [0.2, 0.25) is 17.9 Å². The highest BCUT2D eigenvalue weighted by Gasteiger charge is 2.44. The average Bonchev–Trinajstić information content (AvgIpc) is 2.77. The quantitative estimate of drug-likeness (QED) is 0.407. The lowest BCUT2D eigenvalue weighted by Gasteiger charge is -2.28. The van der Waals surface area contributed by atoms with E-state index in [1.54, 1.807) is 0 Å². The molecule has 0 saturated carbocycles. The molecule has 1 aliphatic heterocycles. The van der Waals surface area contributed by atoms with Crippen LogP contribution in [0.2, 0.25) is 0 Å². The number of hydrogen-bond acceptors (Lipinski definition) is 7. The first kappa shape index (κ1) is 14.1. The van der Waals surface area contributed by atoms with Gasteiger partial charge in [-0.25, -0.2) is 0 Å². The van der Waals surface area contributed by atoms with Crippen LogP contribution in [0.25, 0.3) is 0 Å². The molecule has 0 aliphatic carbocycles. The van der Waals surface area contributed by atoms with E-state index in [1.807, 2.05) is 0 Å². The summed E-state index contributed by atoms with van der Waals surface area (Å²) in [6.45, 7) is 0. The molecule has 4 N–H and O–H groups in total. The van der Waals surface area contributed by atoms with Gasteiger partial charge >= 0.3 is 0 Å². The minimum absolute atomic E-state index is 0.0121. The number of non-ortho nitro benzene ring substituents is 1. The van der Waals surface area contributed by atoms with Gasteiger partial charge in [-0.05, 0) is 0 Å². The monoisotopic (exact) mass is 291 g/mol. The zero-order chi connectivity index (χ0) is 15.8. The third-order valence-corrected chi connectivity index (χ3v) is 2.97. The summed E-state index contributed by atoms with van der Waals surface area (Å²) in [5.41, 5.74) is 10.1. The number of primary amides is 1. The molecule has 1 aromatic carbocycles. The molecule has 1 atom stereocenters. The Balaban J connectivity index is 2.61. The summed E-state index contributed by atoms with van der Waals surface area (Å²) < 4.78 is -1.18. The van der Waals surface area contributed by atoms with Crippen LogP contribution in [0.1, 0.15) is 0 Å². The van der Waals surface area contributed by atoms with Gasteiger partial charge < -0.3 is 21.4 Å². The Morgan fingerprint density at radius 3 is 2.19 bits per heavy atom. The van der Waals surface area contributed by atoms with Gasteiger partial charge in [-0.1, -0.05) is 0 Å². The molecule has 10 heteroatoms. The van der Waals surface area contributed by atoms with Crippen molar-refractivity contribution in [1.29, 1.82) is 0 Å². The first-order valence-corrected chi connectivity index (χ1v) is 5.51. The zero-order valence-corrected chi connectivity index (χ0v) is 10.4. The predicted molar refractivity (Wildman–Crippen MR) is 69.2 cm³/mol. The van der Waals surface area contributed by atoms with E-state index >= 15 is 0 Å². The second-order valence-electron chi connectivity index (χ2n) is 4.10. The lowest BCUT2D eigenvalue weighted by Crippen LogP contribution is -2.59. The van der Waals surface area contributed by atoms with Gasteiger partial charge in [0.25, 0.3) is 17.7 Å². The molecule has 0 spiro atoms. The van der Waals surface area contributed by atoms with Crippen LogP contribution in [0.5, 0.6) is 0 Å². The third kappa shape index (κ3) is 1.99. The Hall–Kier alpha value is -3.27. The molecule has 2 rings (SSSR count). The number of carbonyl (C=O) groups is 2. The van der Waals surface area contributed by atoms with Crippen molar-refractivity contribution in [2.75, 3.05) is 0 Å². The molecule has 1 heterocycles. The van der Waals surface area contributed by atoms with Gasteiger partial charge in [-0.3, -0.25) is 14.9 Å². The maximum atomic E-state index is 11.5. The van der Waals surface area contributed by atoms with E-state index in [0.29, 0.717) is 0 Å². The normalized spacial score (nSPS) is 20.6. The number of hydrogen-bond donors (Lipinski definition) is 2. The largest absolute Gasteiger partial charge is 0.497 e.